The fourth-order valence-electron chi connectivity index (χ4n) is 3.01. The van der Waals surface area contributed by atoms with Crippen molar-refractivity contribution in [1.82, 2.24) is 9.21 Å². The third-order valence-electron chi connectivity index (χ3n) is 4.33. The van der Waals surface area contributed by atoms with Gasteiger partial charge in [-0.05, 0) is 30.7 Å². The number of rotatable bonds is 4. The van der Waals surface area contributed by atoms with Crippen LogP contribution in [0.5, 0.6) is 0 Å². The van der Waals surface area contributed by atoms with E-state index in [0.717, 1.165) is 24.2 Å². The van der Waals surface area contributed by atoms with Gasteiger partial charge in [-0.2, -0.15) is 4.31 Å². The quantitative estimate of drug-likeness (QED) is 0.869. The zero-order valence-corrected chi connectivity index (χ0v) is 14.1. The fraction of sp³-hybridized carbons (Fsp3) is 0.571. The molecule has 1 amide bonds. The lowest BCUT2D eigenvalue weighted by Gasteiger charge is -2.18. The molecule has 2 aliphatic rings. The first-order chi connectivity index (χ1) is 10.9. The van der Waals surface area contributed by atoms with E-state index < -0.39 is 21.9 Å². The van der Waals surface area contributed by atoms with Gasteiger partial charge in [0, 0.05) is 26.2 Å². The summed E-state index contributed by atoms with van der Waals surface area (Å²) in [5, 5.41) is 10.6. The van der Waals surface area contributed by atoms with Gasteiger partial charge in [0.05, 0.1) is 5.92 Å². The zero-order chi connectivity index (χ0) is 16.6. The number of carbonyl (C=O) groups is 2. The summed E-state index contributed by atoms with van der Waals surface area (Å²) in [5.74, 6) is -1.88. The number of amides is 1. The molecular formula is C14H18N2O5S2. The molecule has 126 valence electrons. The van der Waals surface area contributed by atoms with E-state index >= 15 is 0 Å². The van der Waals surface area contributed by atoms with Crippen molar-refractivity contribution in [2.24, 2.45) is 5.92 Å². The summed E-state index contributed by atoms with van der Waals surface area (Å²) >= 11 is 1.10. The van der Waals surface area contributed by atoms with Crippen LogP contribution < -0.4 is 0 Å². The van der Waals surface area contributed by atoms with Gasteiger partial charge in [0.15, 0.2) is 0 Å². The normalized spacial score (nSPS) is 22.6. The Labute approximate surface area is 138 Å². The van der Waals surface area contributed by atoms with Gasteiger partial charge in [-0.3, -0.25) is 9.59 Å². The Kier molecular flexibility index (Phi) is 4.43. The lowest BCUT2D eigenvalue weighted by molar-refractivity contribution is -0.141. The molecule has 0 bridgehead atoms. The molecule has 0 radical (unpaired) electrons. The number of carboxylic acids is 1. The molecule has 1 aromatic heterocycles. The van der Waals surface area contributed by atoms with Crippen molar-refractivity contribution in [3.63, 3.8) is 0 Å². The van der Waals surface area contributed by atoms with Crippen molar-refractivity contribution in [3.8, 4) is 0 Å². The summed E-state index contributed by atoms with van der Waals surface area (Å²) < 4.78 is 26.8. The predicted molar refractivity (Wildman–Crippen MR) is 84.0 cm³/mol. The molecule has 1 N–H and O–H groups in total. The summed E-state index contributed by atoms with van der Waals surface area (Å²) in [4.78, 5) is 25.3. The van der Waals surface area contributed by atoms with Crippen LogP contribution in [0, 0.1) is 5.92 Å². The highest BCUT2D eigenvalue weighted by Crippen LogP contribution is 2.30. The molecule has 2 aliphatic heterocycles. The average Bonchev–Trinajstić information content (AvgIpc) is 3.25. The molecule has 2 saturated heterocycles. The summed E-state index contributed by atoms with van der Waals surface area (Å²) in [6.45, 7) is 1.44. The van der Waals surface area contributed by atoms with Crippen molar-refractivity contribution in [3.05, 3.63) is 16.3 Å². The molecule has 2 fully saturated rings. The third kappa shape index (κ3) is 3.00. The molecule has 23 heavy (non-hydrogen) atoms. The first kappa shape index (κ1) is 16.4. The van der Waals surface area contributed by atoms with E-state index in [1.807, 2.05) is 0 Å². The predicted octanol–water partition coefficient (Wildman–Crippen LogP) is 1.08. The lowest BCUT2D eigenvalue weighted by Crippen LogP contribution is -2.32. The van der Waals surface area contributed by atoms with Gasteiger partial charge < -0.3 is 10.0 Å². The second kappa shape index (κ2) is 6.21. The number of hydrogen-bond donors (Lipinski definition) is 1. The molecule has 1 atom stereocenters. The molecular weight excluding hydrogens is 340 g/mol. The van der Waals surface area contributed by atoms with Crippen LogP contribution >= 0.6 is 11.3 Å². The van der Waals surface area contributed by atoms with Crippen LogP contribution in [-0.2, 0) is 14.8 Å². The molecule has 9 heteroatoms. The van der Waals surface area contributed by atoms with Crippen molar-refractivity contribution in [2.75, 3.05) is 26.2 Å². The average molecular weight is 358 g/mol. The van der Waals surface area contributed by atoms with Crippen molar-refractivity contribution in [1.29, 1.82) is 0 Å². The van der Waals surface area contributed by atoms with E-state index in [1.54, 1.807) is 5.38 Å². The first-order valence-electron chi connectivity index (χ1n) is 7.51. The minimum absolute atomic E-state index is 0.0492. The van der Waals surface area contributed by atoms with Crippen LogP contribution in [0.1, 0.15) is 28.9 Å². The van der Waals surface area contributed by atoms with Gasteiger partial charge in [0.25, 0.3) is 5.91 Å². The SMILES string of the molecule is O=C(O)C1CCN(C(=O)c2sccc2S(=O)(=O)N2CCCC2)C1. The summed E-state index contributed by atoms with van der Waals surface area (Å²) in [7, 11) is -3.65. The molecule has 3 rings (SSSR count). The molecule has 7 nitrogen and oxygen atoms in total. The molecule has 0 aromatic carbocycles. The topological polar surface area (TPSA) is 95.0 Å². The van der Waals surface area contributed by atoms with Gasteiger partial charge in [-0.15, -0.1) is 11.3 Å². The molecule has 1 aromatic rings. The third-order valence-corrected chi connectivity index (χ3v) is 7.30. The molecule has 0 saturated carbocycles. The van der Waals surface area contributed by atoms with Gasteiger partial charge in [0.2, 0.25) is 10.0 Å². The van der Waals surface area contributed by atoms with Gasteiger partial charge in [-0.25, -0.2) is 8.42 Å². The van der Waals surface area contributed by atoms with E-state index in [4.69, 9.17) is 5.11 Å². The van der Waals surface area contributed by atoms with Crippen LogP contribution in [0.3, 0.4) is 0 Å². The Morgan fingerprint density at radius 2 is 1.91 bits per heavy atom. The van der Waals surface area contributed by atoms with E-state index in [1.165, 1.54) is 15.3 Å². The van der Waals surface area contributed by atoms with Gasteiger partial charge in [0.1, 0.15) is 9.77 Å². The highest BCUT2D eigenvalue weighted by atomic mass is 32.2. The zero-order valence-electron chi connectivity index (χ0n) is 12.5. The fourth-order valence-corrected chi connectivity index (χ4v) is 5.89. The van der Waals surface area contributed by atoms with Gasteiger partial charge >= 0.3 is 5.97 Å². The van der Waals surface area contributed by atoms with Gasteiger partial charge in [-0.1, -0.05) is 0 Å². The van der Waals surface area contributed by atoms with E-state index in [9.17, 15) is 18.0 Å². The number of carbonyl (C=O) groups excluding carboxylic acids is 1. The summed E-state index contributed by atoms with van der Waals surface area (Å²) in [5.41, 5.74) is 0. The Morgan fingerprint density at radius 3 is 2.52 bits per heavy atom. The Bertz CT molecular complexity index is 721. The maximum absolute atomic E-state index is 12.7. The van der Waals surface area contributed by atoms with Crippen molar-refractivity contribution < 1.29 is 23.1 Å². The maximum Gasteiger partial charge on any atom is 0.308 e. The largest absolute Gasteiger partial charge is 0.481 e. The number of carboxylic acid groups (broad SMARTS) is 1. The van der Waals surface area contributed by atoms with E-state index in [0.29, 0.717) is 26.1 Å². The Hall–Kier alpha value is -1.45. The van der Waals surface area contributed by atoms with Crippen LogP contribution in [0.4, 0.5) is 0 Å². The molecule has 0 aliphatic carbocycles. The monoisotopic (exact) mass is 358 g/mol. The number of likely N-dealkylation sites (tertiary alicyclic amines) is 1. The second-order valence-electron chi connectivity index (χ2n) is 5.80. The van der Waals surface area contributed by atoms with E-state index in [-0.39, 0.29) is 22.2 Å². The Balaban J connectivity index is 1.84. The molecule has 0 spiro atoms. The lowest BCUT2D eigenvalue weighted by atomic mass is 10.1. The number of hydrogen-bond acceptors (Lipinski definition) is 5. The number of sulfonamides is 1. The van der Waals surface area contributed by atoms with Crippen molar-refractivity contribution in [2.45, 2.75) is 24.2 Å². The number of nitrogens with zero attached hydrogens (tertiary/aromatic N) is 2. The summed E-state index contributed by atoms with van der Waals surface area (Å²) in [6.07, 6.45) is 2.07. The second-order valence-corrected chi connectivity index (χ2v) is 8.62. The Morgan fingerprint density at radius 1 is 1.22 bits per heavy atom. The highest BCUT2D eigenvalue weighted by Gasteiger charge is 2.36. The summed E-state index contributed by atoms with van der Waals surface area (Å²) in [6, 6.07) is 1.47. The number of aliphatic carboxylic acids is 1. The smallest absolute Gasteiger partial charge is 0.308 e. The number of thiophene rings is 1. The standard InChI is InChI=1S/C14H18N2O5S2/c17-13(15-7-3-10(9-15)14(18)19)12-11(4-8-22-12)23(20,21)16-5-1-2-6-16/h4,8,10H,1-3,5-7,9H2,(H,18,19). The van der Waals surface area contributed by atoms with Crippen molar-refractivity contribution >= 4 is 33.2 Å². The van der Waals surface area contributed by atoms with Crippen LogP contribution in [0.15, 0.2) is 16.3 Å². The van der Waals surface area contributed by atoms with E-state index in [2.05, 4.69) is 0 Å². The van der Waals surface area contributed by atoms with Crippen LogP contribution in [0.25, 0.3) is 0 Å². The highest BCUT2D eigenvalue weighted by molar-refractivity contribution is 7.89. The molecule has 3 heterocycles. The maximum atomic E-state index is 12.7. The van der Waals surface area contributed by atoms with Crippen LogP contribution in [0.2, 0.25) is 0 Å². The minimum atomic E-state index is -3.65. The molecule has 1 unspecified atom stereocenters. The van der Waals surface area contributed by atoms with Crippen LogP contribution in [-0.4, -0.2) is 60.8 Å². The first-order valence-corrected chi connectivity index (χ1v) is 9.83. The minimum Gasteiger partial charge on any atom is -0.481 e.